The van der Waals surface area contributed by atoms with E-state index in [-0.39, 0.29) is 0 Å². The molecule has 6 nitrogen and oxygen atoms in total. The van der Waals surface area contributed by atoms with Gasteiger partial charge < -0.3 is 15.4 Å². The summed E-state index contributed by atoms with van der Waals surface area (Å²) in [5.41, 5.74) is 0. The fourth-order valence-electron chi connectivity index (χ4n) is 2.92. The summed E-state index contributed by atoms with van der Waals surface area (Å²) in [4.78, 5) is 12.5. The molecular formula is C17H31N5OS. The van der Waals surface area contributed by atoms with Crippen LogP contribution in [0.15, 0.2) is 11.2 Å². The molecule has 1 aliphatic rings. The third-order valence-electron chi connectivity index (χ3n) is 4.29. The number of morpholine rings is 1. The molecule has 0 bridgehead atoms. The Morgan fingerprint density at radius 2 is 2.12 bits per heavy atom. The second-order valence-electron chi connectivity index (χ2n) is 6.45. The maximum atomic E-state index is 5.47. The van der Waals surface area contributed by atoms with Crippen molar-refractivity contribution in [1.82, 2.24) is 20.5 Å². The molecule has 2 N–H and O–H groups in total. The van der Waals surface area contributed by atoms with Gasteiger partial charge in [-0.2, -0.15) is 0 Å². The van der Waals surface area contributed by atoms with Gasteiger partial charge in [-0.1, -0.05) is 13.8 Å². The Labute approximate surface area is 149 Å². The number of hydrogen-bond donors (Lipinski definition) is 2. The fraction of sp³-hybridized carbons (Fsp3) is 0.765. The lowest BCUT2D eigenvalue weighted by atomic mass is 10.0. The van der Waals surface area contributed by atoms with Gasteiger partial charge in [-0.15, -0.1) is 11.3 Å². The van der Waals surface area contributed by atoms with Crippen LogP contribution in [0.1, 0.15) is 23.7 Å². The zero-order valence-electron chi connectivity index (χ0n) is 15.3. The number of aliphatic imine (C=N–C) groups is 1. The molecule has 1 aromatic heterocycles. The lowest BCUT2D eigenvalue weighted by Crippen LogP contribution is -2.52. The van der Waals surface area contributed by atoms with E-state index >= 15 is 0 Å². The van der Waals surface area contributed by atoms with Crippen molar-refractivity contribution >= 4 is 17.3 Å². The summed E-state index contributed by atoms with van der Waals surface area (Å²) in [7, 11) is 1.82. The number of hydrogen-bond acceptors (Lipinski definition) is 5. The minimum Gasteiger partial charge on any atom is -0.379 e. The SMILES string of the molecule is CN=C(NCCc1ncc(C)s1)NCC(C(C)C)N1CCOCC1. The average molecular weight is 354 g/mol. The van der Waals surface area contributed by atoms with Gasteiger partial charge in [0.25, 0.3) is 0 Å². The molecule has 0 aliphatic carbocycles. The van der Waals surface area contributed by atoms with Crippen LogP contribution in [0.4, 0.5) is 0 Å². The van der Waals surface area contributed by atoms with Crippen LogP contribution in [0, 0.1) is 12.8 Å². The largest absolute Gasteiger partial charge is 0.379 e. The van der Waals surface area contributed by atoms with E-state index in [0.29, 0.717) is 12.0 Å². The van der Waals surface area contributed by atoms with Crippen molar-refractivity contribution in [1.29, 1.82) is 0 Å². The predicted molar refractivity (Wildman–Crippen MR) is 101 cm³/mol. The van der Waals surface area contributed by atoms with Gasteiger partial charge in [0.15, 0.2) is 5.96 Å². The summed E-state index contributed by atoms with van der Waals surface area (Å²) in [5, 5.41) is 8.04. The minimum absolute atomic E-state index is 0.495. The van der Waals surface area contributed by atoms with E-state index in [4.69, 9.17) is 4.74 Å². The molecule has 136 valence electrons. The maximum Gasteiger partial charge on any atom is 0.191 e. The smallest absolute Gasteiger partial charge is 0.191 e. The molecule has 0 amide bonds. The zero-order valence-corrected chi connectivity index (χ0v) is 16.2. The van der Waals surface area contributed by atoms with Crippen molar-refractivity contribution in [2.45, 2.75) is 33.2 Å². The highest BCUT2D eigenvalue weighted by Crippen LogP contribution is 2.12. The number of rotatable bonds is 7. The van der Waals surface area contributed by atoms with Crippen LogP contribution in [0.2, 0.25) is 0 Å². The average Bonchev–Trinajstić information content (AvgIpc) is 2.99. The summed E-state index contributed by atoms with van der Waals surface area (Å²) in [6.45, 7) is 12.1. The quantitative estimate of drug-likeness (QED) is 0.575. The van der Waals surface area contributed by atoms with Crippen molar-refractivity contribution in [3.05, 3.63) is 16.1 Å². The highest BCUT2D eigenvalue weighted by molar-refractivity contribution is 7.11. The highest BCUT2D eigenvalue weighted by Gasteiger charge is 2.23. The van der Waals surface area contributed by atoms with Crippen molar-refractivity contribution in [2.24, 2.45) is 10.9 Å². The van der Waals surface area contributed by atoms with Gasteiger partial charge >= 0.3 is 0 Å². The van der Waals surface area contributed by atoms with Crippen molar-refractivity contribution < 1.29 is 4.74 Å². The van der Waals surface area contributed by atoms with E-state index in [1.54, 1.807) is 11.3 Å². The normalized spacial score (nSPS) is 18.0. The molecule has 0 radical (unpaired) electrons. The van der Waals surface area contributed by atoms with Crippen LogP contribution in [0.25, 0.3) is 0 Å². The second-order valence-corrected chi connectivity index (χ2v) is 7.77. The van der Waals surface area contributed by atoms with Crippen LogP contribution >= 0.6 is 11.3 Å². The third kappa shape index (κ3) is 6.03. The van der Waals surface area contributed by atoms with Gasteiger partial charge in [-0.25, -0.2) is 4.98 Å². The number of aromatic nitrogens is 1. The van der Waals surface area contributed by atoms with Crippen molar-refractivity contribution in [3.8, 4) is 0 Å². The Kier molecular flexibility index (Phi) is 7.94. The van der Waals surface area contributed by atoms with Crippen molar-refractivity contribution in [2.75, 3.05) is 46.4 Å². The molecule has 1 unspecified atom stereocenters. The van der Waals surface area contributed by atoms with E-state index < -0.39 is 0 Å². The minimum atomic E-state index is 0.495. The first-order chi connectivity index (χ1) is 11.6. The van der Waals surface area contributed by atoms with Gasteiger partial charge in [-0.3, -0.25) is 9.89 Å². The zero-order chi connectivity index (χ0) is 17.4. The molecule has 0 aromatic carbocycles. The molecule has 1 atom stereocenters. The first-order valence-electron chi connectivity index (χ1n) is 8.77. The monoisotopic (exact) mass is 353 g/mol. The Bertz CT molecular complexity index is 511. The van der Waals surface area contributed by atoms with E-state index in [2.05, 4.69) is 46.3 Å². The summed E-state index contributed by atoms with van der Waals surface area (Å²) in [6, 6.07) is 0.495. The van der Waals surface area contributed by atoms with Crippen LogP contribution in [-0.2, 0) is 11.2 Å². The number of ether oxygens (including phenoxy) is 1. The molecule has 1 fully saturated rings. The molecule has 7 heteroatoms. The van der Waals surface area contributed by atoms with Gasteiger partial charge in [0, 0.05) is 56.8 Å². The van der Waals surface area contributed by atoms with Crippen LogP contribution < -0.4 is 10.6 Å². The van der Waals surface area contributed by atoms with Gasteiger partial charge in [0.05, 0.1) is 18.2 Å². The Morgan fingerprint density at radius 1 is 1.38 bits per heavy atom. The number of nitrogens with zero attached hydrogens (tertiary/aromatic N) is 3. The molecule has 1 saturated heterocycles. The Balaban J connectivity index is 1.76. The molecule has 2 heterocycles. The van der Waals surface area contributed by atoms with Crippen molar-refractivity contribution in [3.63, 3.8) is 0 Å². The standard InChI is InChI=1S/C17H31N5OS/c1-13(2)15(22-7-9-23-10-8-22)12-21-17(18-4)19-6-5-16-20-11-14(3)24-16/h11,13,15H,5-10,12H2,1-4H3,(H2,18,19,21). The number of thiazole rings is 1. The van der Waals surface area contributed by atoms with E-state index in [0.717, 1.165) is 51.8 Å². The highest BCUT2D eigenvalue weighted by atomic mass is 32.1. The molecular weight excluding hydrogens is 322 g/mol. The van der Waals surface area contributed by atoms with E-state index in [9.17, 15) is 0 Å². The van der Waals surface area contributed by atoms with Crippen LogP contribution in [0.5, 0.6) is 0 Å². The Hall–Kier alpha value is -1.18. The van der Waals surface area contributed by atoms with Crippen LogP contribution in [0.3, 0.4) is 0 Å². The maximum absolute atomic E-state index is 5.47. The molecule has 0 spiro atoms. The predicted octanol–water partition coefficient (Wildman–Crippen LogP) is 1.52. The fourth-order valence-corrected chi connectivity index (χ4v) is 3.71. The Morgan fingerprint density at radius 3 is 2.71 bits per heavy atom. The molecule has 24 heavy (non-hydrogen) atoms. The van der Waals surface area contributed by atoms with Gasteiger partial charge in [0.2, 0.25) is 0 Å². The van der Waals surface area contributed by atoms with E-state index in [1.165, 1.54) is 9.88 Å². The second kappa shape index (κ2) is 9.96. The first-order valence-corrected chi connectivity index (χ1v) is 9.59. The number of guanidine groups is 1. The summed E-state index contributed by atoms with van der Waals surface area (Å²) in [5.74, 6) is 1.45. The molecule has 2 rings (SSSR count). The summed E-state index contributed by atoms with van der Waals surface area (Å²) in [6.07, 6.45) is 2.86. The lowest BCUT2D eigenvalue weighted by molar-refractivity contribution is 0.00752. The number of aryl methyl sites for hydroxylation is 1. The molecule has 1 aliphatic heterocycles. The van der Waals surface area contributed by atoms with Gasteiger partial charge in [0.1, 0.15) is 0 Å². The molecule has 0 saturated carbocycles. The van der Waals surface area contributed by atoms with E-state index in [1.807, 2.05) is 13.2 Å². The lowest BCUT2D eigenvalue weighted by Gasteiger charge is -2.37. The number of nitrogens with one attached hydrogen (secondary N) is 2. The summed E-state index contributed by atoms with van der Waals surface area (Å²) >= 11 is 1.76. The summed E-state index contributed by atoms with van der Waals surface area (Å²) < 4.78 is 5.47. The molecule has 1 aromatic rings. The third-order valence-corrected chi connectivity index (χ3v) is 5.26. The topological polar surface area (TPSA) is 61.8 Å². The first kappa shape index (κ1) is 19.1. The van der Waals surface area contributed by atoms with Gasteiger partial charge in [-0.05, 0) is 12.8 Å². The van der Waals surface area contributed by atoms with Crippen LogP contribution in [-0.4, -0.2) is 68.3 Å².